The molecule has 1 aliphatic rings. The van der Waals surface area contributed by atoms with Crippen LogP contribution in [0, 0.1) is 0 Å². The first kappa shape index (κ1) is 9.78. The molecule has 0 aliphatic carbocycles. The van der Waals surface area contributed by atoms with Crippen molar-refractivity contribution >= 4 is 5.78 Å². The number of piperidine rings is 1. The molecule has 1 fully saturated rings. The second-order valence-electron chi connectivity index (χ2n) is 3.04. The average Bonchev–Trinajstić information content (AvgIpc) is 2.15. The van der Waals surface area contributed by atoms with Gasteiger partial charge in [-0.2, -0.15) is 0 Å². The molecule has 1 aliphatic heterocycles. The van der Waals surface area contributed by atoms with Gasteiger partial charge in [0.15, 0.2) is 0 Å². The fraction of sp³-hybridized carbons (Fsp3) is 0.364. The first-order valence-electron chi connectivity index (χ1n) is 4.54. The van der Waals surface area contributed by atoms with Crippen molar-refractivity contribution in [3.05, 3.63) is 37.1 Å². The monoisotopic (exact) mass is 177 g/mol. The summed E-state index contributed by atoms with van der Waals surface area (Å²) in [5.74, 6) is 0.381. The minimum absolute atomic E-state index is 0.381. The molecule has 0 bridgehead atoms. The highest BCUT2D eigenvalue weighted by Gasteiger charge is 2.11. The zero-order chi connectivity index (χ0) is 9.52. The minimum Gasteiger partial charge on any atom is -0.376 e. The summed E-state index contributed by atoms with van der Waals surface area (Å²) in [6, 6.07) is 0. The molecule has 1 heterocycles. The van der Waals surface area contributed by atoms with Crippen molar-refractivity contribution in [2.75, 3.05) is 13.1 Å². The van der Waals surface area contributed by atoms with Gasteiger partial charge in [-0.15, -0.1) is 0 Å². The third-order valence-corrected chi connectivity index (χ3v) is 2.01. The van der Waals surface area contributed by atoms with Gasteiger partial charge in [0.05, 0.1) is 0 Å². The summed E-state index contributed by atoms with van der Waals surface area (Å²) in [5.41, 5.74) is 0. The second kappa shape index (κ2) is 5.36. The summed E-state index contributed by atoms with van der Waals surface area (Å²) < 4.78 is 0. The highest BCUT2D eigenvalue weighted by molar-refractivity contribution is 5.79. The van der Waals surface area contributed by atoms with Crippen LogP contribution in [0.15, 0.2) is 37.1 Å². The van der Waals surface area contributed by atoms with Gasteiger partial charge in [0.25, 0.3) is 0 Å². The Morgan fingerprint density at radius 3 is 2.46 bits per heavy atom. The number of hydrogen-bond donors (Lipinski definition) is 0. The van der Waals surface area contributed by atoms with E-state index in [1.54, 1.807) is 6.08 Å². The zero-order valence-corrected chi connectivity index (χ0v) is 7.78. The highest BCUT2D eigenvalue weighted by atomic mass is 16.1. The van der Waals surface area contributed by atoms with E-state index in [0.717, 1.165) is 13.1 Å². The van der Waals surface area contributed by atoms with Crippen LogP contribution in [-0.4, -0.2) is 23.8 Å². The fourth-order valence-electron chi connectivity index (χ4n) is 1.24. The number of carbonyl (C=O) groups is 1. The topological polar surface area (TPSA) is 20.3 Å². The maximum absolute atomic E-state index is 10.9. The Kier molecular flexibility index (Phi) is 4.03. The van der Waals surface area contributed by atoms with Crippen LogP contribution in [0.1, 0.15) is 12.8 Å². The smallest absolute Gasteiger partial charge is 0.136 e. The molecular formula is C11H15NO. The highest BCUT2D eigenvalue weighted by Crippen LogP contribution is 2.05. The third kappa shape index (κ3) is 3.74. The summed E-state index contributed by atoms with van der Waals surface area (Å²) in [6.45, 7) is 5.29. The first-order chi connectivity index (χ1) is 6.33. The molecular weight excluding hydrogens is 162 g/mol. The van der Waals surface area contributed by atoms with Gasteiger partial charge in [-0.25, -0.2) is 0 Å². The van der Waals surface area contributed by atoms with Crippen LogP contribution < -0.4 is 0 Å². The lowest BCUT2D eigenvalue weighted by Crippen LogP contribution is -2.29. The van der Waals surface area contributed by atoms with Crippen LogP contribution in [0.5, 0.6) is 0 Å². The quantitative estimate of drug-likeness (QED) is 0.614. The van der Waals surface area contributed by atoms with Crippen molar-refractivity contribution < 1.29 is 4.79 Å². The number of carbonyl (C=O) groups excluding carboxylic acids is 1. The molecule has 2 nitrogen and oxygen atoms in total. The average molecular weight is 177 g/mol. The van der Waals surface area contributed by atoms with Gasteiger partial charge in [0, 0.05) is 25.9 Å². The van der Waals surface area contributed by atoms with Crippen LogP contribution in [0.25, 0.3) is 0 Å². The first-order valence-corrected chi connectivity index (χ1v) is 4.54. The molecule has 0 amide bonds. The fourth-order valence-corrected chi connectivity index (χ4v) is 1.24. The van der Waals surface area contributed by atoms with Crippen LogP contribution in [0.4, 0.5) is 0 Å². The number of likely N-dealkylation sites (tertiary alicyclic amines) is 1. The molecule has 1 saturated heterocycles. The van der Waals surface area contributed by atoms with Gasteiger partial charge in [-0.1, -0.05) is 24.8 Å². The summed E-state index contributed by atoms with van der Waals surface area (Å²) in [6.07, 6.45) is 10.9. The Labute approximate surface area is 79.2 Å². The molecule has 0 N–H and O–H groups in total. The van der Waals surface area contributed by atoms with Gasteiger partial charge in [0.1, 0.15) is 5.78 Å². The van der Waals surface area contributed by atoms with Crippen molar-refractivity contribution in [3.8, 4) is 0 Å². The molecule has 0 radical (unpaired) electrons. The molecule has 13 heavy (non-hydrogen) atoms. The van der Waals surface area contributed by atoms with E-state index in [4.69, 9.17) is 0 Å². The normalized spacial score (nSPS) is 18.8. The van der Waals surface area contributed by atoms with Gasteiger partial charge >= 0.3 is 0 Å². The lowest BCUT2D eigenvalue weighted by molar-refractivity contribution is -0.120. The van der Waals surface area contributed by atoms with E-state index in [9.17, 15) is 4.79 Å². The van der Waals surface area contributed by atoms with E-state index in [0.29, 0.717) is 18.6 Å². The number of Topliss-reactive ketones (excluding diaryl/α,β-unsaturated/α-hetero) is 1. The van der Waals surface area contributed by atoms with Crippen molar-refractivity contribution in [2.45, 2.75) is 12.8 Å². The molecule has 0 spiro atoms. The molecule has 0 aromatic carbocycles. The van der Waals surface area contributed by atoms with E-state index in [1.807, 2.05) is 24.4 Å². The SMILES string of the molecule is C=C/C=C\C=C\N1CCC(=O)CC1. The molecule has 0 aromatic rings. The minimum atomic E-state index is 0.381. The summed E-state index contributed by atoms with van der Waals surface area (Å²) in [4.78, 5) is 13.1. The van der Waals surface area contributed by atoms with E-state index in [1.165, 1.54) is 0 Å². The molecule has 0 unspecified atom stereocenters. The van der Waals surface area contributed by atoms with Crippen molar-refractivity contribution in [1.29, 1.82) is 0 Å². The van der Waals surface area contributed by atoms with Crippen molar-refractivity contribution in [1.82, 2.24) is 4.90 Å². The Morgan fingerprint density at radius 1 is 1.15 bits per heavy atom. The third-order valence-electron chi connectivity index (χ3n) is 2.01. The van der Waals surface area contributed by atoms with Crippen LogP contribution >= 0.6 is 0 Å². The number of nitrogens with zero attached hydrogens (tertiary/aromatic N) is 1. The summed E-state index contributed by atoms with van der Waals surface area (Å²) in [7, 11) is 0. The Bertz CT molecular complexity index is 230. The Morgan fingerprint density at radius 2 is 1.85 bits per heavy atom. The van der Waals surface area contributed by atoms with E-state index in [2.05, 4.69) is 11.5 Å². The van der Waals surface area contributed by atoms with Crippen LogP contribution in [-0.2, 0) is 4.79 Å². The number of hydrogen-bond acceptors (Lipinski definition) is 2. The lowest BCUT2D eigenvalue weighted by atomic mass is 10.1. The van der Waals surface area contributed by atoms with E-state index in [-0.39, 0.29) is 0 Å². The predicted octanol–water partition coefficient (Wildman–Crippen LogP) is 1.91. The zero-order valence-electron chi connectivity index (χ0n) is 7.78. The number of ketones is 1. The van der Waals surface area contributed by atoms with Crippen molar-refractivity contribution in [2.24, 2.45) is 0 Å². The number of rotatable bonds is 3. The van der Waals surface area contributed by atoms with Gasteiger partial charge in [-0.3, -0.25) is 4.79 Å². The molecule has 70 valence electrons. The maximum Gasteiger partial charge on any atom is 0.136 e. The summed E-state index contributed by atoms with van der Waals surface area (Å²) >= 11 is 0. The summed E-state index contributed by atoms with van der Waals surface area (Å²) in [5, 5.41) is 0. The van der Waals surface area contributed by atoms with Crippen LogP contribution in [0.3, 0.4) is 0 Å². The molecule has 0 aromatic heterocycles. The van der Waals surface area contributed by atoms with Gasteiger partial charge < -0.3 is 4.90 Å². The van der Waals surface area contributed by atoms with Gasteiger partial charge in [0.2, 0.25) is 0 Å². The van der Waals surface area contributed by atoms with Crippen molar-refractivity contribution in [3.63, 3.8) is 0 Å². The number of allylic oxidation sites excluding steroid dienone is 4. The van der Waals surface area contributed by atoms with Crippen LogP contribution in [0.2, 0.25) is 0 Å². The lowest BCUT2D eigenvalue weighted by Gasteiger charge is -2.23. The molecule has 1 rings (SSSR count). The standard InChI is InChI=1S/C11H15NO/c1-2-3-4-5-8-12-9-6-11(13)7-10-12/h2-5,8H,1,6-7,9-10H2/b4-3-,8-5+. The molecule has 0 atom stereocenters. The van der Waals surface area contributed by atoms with Gasteiger partial charge in [-0.05, 0) is 12.3 Å². The largest absolute Gasteiger partial charge is 0.376 e. The molecule has 0 saturated carbocycles. The maximum atomic E-state index is 10.9. The van der Waals surface area contributed by atoms with E-state index >= 15 is 0 Å². The second-order valence-corrected chi connectivity index (χ2v) is 3.04. The Hall–Kier alpha value is -1.31. The molecule has 2 heteroatoms. The van der Waals surface area contributed by atoms with E-state index < -0.39 is 0 Å². The Balaban J connectivity index is 2.29. The predicted molar refractivity (Wildman–Crippen MR) is 54.3 cm³/mol.